The maximum absolute atomic E-state index is 11.8. The highest BCUT2D eigenvalue weighted by Crippen LogP contribution is 2.35. The Morgan fingerprint density at radius 1 is 0.879 bits per heavy atom. The molecule has 0 saturated carbocycles. The SMILES string of the molecule is CS(=O)(=O)c1ccc(-c2cccc3c(N4CCC(Sc5ccccc5)CC4)ncnc23)cc1. The smallest absolute Gasteiger partial charge is 0.175 e. The second-order valence-electron chi connectivity index (χ2n) is 8.31. The van der Waals surface area contributed by atoms with Gasteiger partial charge >= 0.3 is 0 Å². The molecule has 0 aliphatic carbocycles. The molecule has 0 amide bonds. The lowest BCUT2D eigenvalue weighted by atomic mass is 10.0. The number of para-hydroxylation sites is 1. The second-order valence-corrected chi connectivity index (χ2v) is 11.7. The molecule has 0 bridgehead atoms. The molecule has 1 aromatic heterocycles. The van der Waals surface area contributed by atoms with E-state index in [0.29, 0.717) is 10.1 Å². The van der Waals surface area contributed by atoms with Gasteiger partial charge in [0.05, 0.1) is 10.4 Å². The molecule has 0 unspecified atom stereocenters. The number of nitrogens with zero attached hydrogens (tertiary/aromatic N) is 3. The van der Waals surface area contributed by atoms with Gasteiger partial charge in [-0.3, -0.25) is 0 Å². The van der Waals surface area contributed by atoms with Crippen LogP contribution in [0.25, 0.3) is 22.0 Å². The van der Waals surface area contributed by atoms with Crippen LogP contribution >= 0.6 is 11.8 Å². The number of hydrogen-bond acceptors (Lipinski definition) is 6. The van der Waals surface area contributed by atoms with Gasteiger partial charge in [-0.2, -0.15) is 0 Å². The number of aromatic nitrogens is 2. The fourth-order valence-electron chi connectivity index (χ4n) is 4.32. The highest BCUT2D eigenvalue weighted by Gasteiger charge is 2.23. The quantitative estimate of drug-likeness (QED) is 0.382. The van der Waals surface area contributed by atoms with Crippen LogP contribution in [-0.2, 0) is 9.84 Å². The molecule has 5 nitrogen and oxygen atoms in total. The van der Waals surface area contributed by atoms with Gasteiger partial charge in [-0.25, -0.2) is 18.4 Å². The van der Waals surface area contributed by atoms with Crippen LogP contribution < -0.4 is 4.90 Å². The molecule has 2 heterocycles. The average molecular weight is 476 g/mol. The summed E-state index contributed by atoms with van der Waals surface area (Å²) in [5.41, 5.74) is 2.80. The topological polar surface area (TPSA) is 63.2 Å². The molecule has 1 aliphatic heterocycles. The predicted octanol–water partition coefficient (Wildman–Crippen LogP) is 5.46. The molecule has 5 rings (SSSR count). The standard InChI is InChI=1S/C26H25N3O2S2/c1-33(30,31)22-12-10-19(11-13-22)23-8-5-9-24-25(23)27-18-28-26(24)29-16-14-21(15-17-29)32-20-6-3-2-4-7-20/h2-13,18,21H,14-17H2,1H3. The van der Waals surface area contributed by atoms with Crippen LogP contribution in [0.3, 0.4) is 0 Å². The molecular weight excluding hydrogens is 450 g/mol. The van der Waals surface area contributed by atoms with E-state index < -0.39 is 9.84 Å². The first-order chi connectivity index (χ1) is 16.0. The van der Waals surface area contributed by atoms with E-state index in [1.807, 2.05) is 36.0 Å². The third kappa shape index (κ3) is 4.75. The van der Waals surface area contributed by atoms with Gasteiger partial charge in [0, 0.05) is 40.4 Å². The number of benzene rings is 3. The van der Waals surface area contributed by atoms with Crippen molar-refractivity contribution < 1.29 is 8.42 Å². The Hall–Kier alpha value is -2.90. The van der Waals surface area contributed by atoms with E-state index >= 15 is 0 Å². The third-order valence-electron chi connectivity index (χ3n) is 6.02. The summed E-state index contributed by atoms with van der Waals surface area (Å²) >= 11 is 1.97. The van der Waals surface area contributed by atoms with Gasteiger partial charge in [-0.15, -0.1) is 11.8 Å². The molecule has 4 aromatic rings. The molecule has 1 saturated heterocycles. The molecule has 168 valence electrons. The lowest BCUT2D eigenvalue weighted by Crippen LogP contribution is -2.35. The van der Waals surface area contributed by atoms with Crippen molar-refractivity contribution in [3.8, 4) is 11.1 Å². The summed E-state index contributed by atoms with van der Waals surface area (Å²) in [6.07, 6.45) is 5.08. The predicted molar refractivity (Wildman–Crippen MR) is 136 cm³/mol. The van der Waals surface area contributed by atoms with Gasteiger partial charge < -0.3 is 4.90 Å². The molecule has 0 radical (unpaired) electrons. The Labute approximate surface area is 198 Å². The van der Waals surface area contributed by atoms with E-state index in [9.17, 15) is 8.42 Å². The normalized spacial score (nSPS) is 15.1. The van der Waals surface area contributed by atoms with E-state index in [1.54, 1.807) is 18.5 Å². The number of hydrogen-bond donors (Lipinski definition) is 0. The Kier molecular flexibility index (Phi) is 6.08. The molecule has 0 N–H and O–H groups in total. The fourth-order valence-corrected chi connectivity index (χ4v) is 6.09. The maximum Gasteiger partial charge on any atom is 0.175 e. The minimum Gasteiger partial charge on any atom is -0.356 e. The van der Waals surface area contributed by atoms with Gasteiger partial charge in [0.25, 0.3) is 0 Å². The van der Waals surface area contributed by atoms with Gasteiger partial charge in [-0.05, 0) is 48.7 Å². The minimum atomic E-state index is -3.22. The number of piperidine rings is 1. The van der Waals surface area contributed by atoms with E-state index in [-0.39, 0.29) is 0 Å². The zero-order valence-corrected chi connectivity index (χ0v) is 20.0. The lowest BCUT2D eigenvalue weighted by molar-refractivity contribution is 0.587. The first-order valence-corrected chi connectivity index (χ1v) is 13.8. The van der Waals surface area contributed by atoms with Crippen LogP contribution in [0.1, 0.15) is 12.8 Å². The van der Waals surface area contributed by atoms with Gasteiger partial charge in [0.2, 0.25) is 0 Å². The Bertz CT molecular complexity index is 1370. The molecular formula is C26H25N3O2S2. The molecule has 7 heteroatoms. The highest BCUT2D eigenvalue weighted by atomic mass is 32.2. The van der Waals surface area contributed by atoms with Crippen LogP contribution in [0, 0.1) is 0 Å². The van der Waals surface area contributed by atoms with Crippen molar-refractivity contribution in [2.45, 2.75) is 27.9 Å². The largest absolute Gasteiger partial charge is 0.356 e. The van der Waals surface area contributed by atoms with Crippen molar-refractivity contribution in [1.29, 1.82) is 0 Å². The van der Waals surface area contributed by atoms with Gasteiger partial charge in [0.15, 0.2) is 9.84 Å². The summed E-state index contributed by atoms with van der Waals surface area (Å²) in [7, 11) is -3.22. The first kappa shape index (κ1) is 21.9. The summed E-state index contributed by atoms with van der Waals surface area (Å²) < 4.78 is 23.6. The first-order valence-electron chi connectivity index (χ1n) is 11.0. The van der Waals surface area contributed by atoms with Crippen LogP contribution in [0.15, 0.2) is 88.9 Å². The molecule has 0 atom stereocenters. The molecule has 33 heavy (non-hydrogen) atoms. The van der Waals surface area contributed by atoms with Crippen molar-refractivity contribution >= 4 is 38.3 Å². The molecule has 1 fully saturated rings. The zero-order valence-electron chi connectivity index (χ0n) is 18.4. The lowest BCUT2D eigenvalue weighted by Gasteiger charge is -2.33. The average Bonchev–Trinajstić information content (AvgIpc) is 2.84. The van der Waals surface area contributed by atoms with Crippen molar-refractivity contribution in [1.82, 2.24) is 9.97 Å². The molecule has 1 aliphatic rings. The maximum atomic E-state index is 11.8. The number of rotatable bonds is 5. The van der Waals surface area contributed by atoms with Crippen molar-refractivity contribution in [2.75, 3.05) is 24.2 Å². The Balaban J connectivity index is 1.39. The van der Waals surface area contributed by atoms with E-state index in [2.05, 4.69) is 51.3 Å². The van der Waals surface area contributed by atoms with E-state index in [0.717, 1.165) is 53.8 Å². The molecule has 0 spiro atoms. The van der Waals surface area contributed by atoms with Crippen LogP contribution in [-0.4, -0.2) is 43.0 Å². The summed E-state index contributed by atoms with van der Waals surface area (Å²) in [5.74, 6) is 0.970. The number of fused-ring (bicyclic) bond motifs is 1. The van der Waals surface area contributed by atoms with Crippen LogP contribution in [0.2, 0.25) is 0 Å². The van der Waals surface area contributed by atoms with Crippen LogP contribution in [0.4, 0.5) is 5.82 Å². The van der Waals surface area contributed by atoms with E-state index in [1.165, 1.54) is 11.2 Å². The monoisotopic (exact) mass is 475 g/mol. The fraction of sp³-hybridized carbons (Fsp3) is 0.231. The summed E-state index contributed by atoms with van der Waals surface area (Å²) in [4.78, 5) is 13.3. The van der Waals surface area contributed by atoms with Crippen molar-refractivity contribution in [2.24, 2.45) is 0 Å². The second kappa shape index (κ2) is 9.15. The Morgan fingerprint density at radius 2 is 1.61 bits per heavy atom. The molecule has 3 aromatic carbocycles. The van der Waals surface area contributed by atoms with Gasteiger partial charge in [0.1, 0.15) is 12.1 Å². The van der Waals surface area contributed by atoms with E-state index in [4.69, 9.17) is 0 Å². The van der Waals surface area contributed by atoms with Crippen molar-refractivity contribution in [3.63, 3.8) is 0 Å². The Morgan fingerprint density at radius 3 is 2.30 bits per heavy atom. The number of sulfone groups is 1. The zero-order chi connectivity index (χ0) is 22.8. The highest BCUT2D eigenvalue weighted by molar-refractivity contribution is 8.00. The minimum absolute atomic E-state index is 0.318. The number of anilines is 1. The summed E-state index contributed by atoms with van der Waals surface area (Å²) in [6, 6.07) is 23.7. The van der Waals surface area contributed by atoms with Crippen LogP contribution in [0.5, 0.6) is 0 Å². The number of thioether (sulfide) groups is 1. The van der Waals surface area contributed by atoms with Crippen molar-refractivity contribution in [3.05, 3.63) is 79.1 Å². The van der Waals surface area contributed by atoms with Gasteiger partial charge in [-0.1, -0.05) is 42.5 Å². The third-order valence-corrected chi connectivity index (χ3v) is 8.50. The summed E-state index contributed by atoms with van der Waals surface area (Å²) in [6.45, 7) is 1.92. The summed E-state index contributed by atoms with van der Waals surface area (Å²) in [5, 5.41) is 1.64.